The van der Waals surface area contributed by atoms with Crippen molar-refractivity contribution in [2.24, 2.45) is 5.92 Å². The lowest BCUT2D eigenvalue weighted by atomic mass is 9.83. The highest BCUT2D eigenvalue weighted by Crippen LogP contribution is 2.26. The monoisotopic (exact) mass is 156 g/mol. The standard InChI is InChI=1S/C10H21N/c1-2-3-4-9-5-7-10(11)8-6-9/h9-10H,2-8,11H2,1H3/p+1. The molecule has 0 aromatic heterocycles. The fraction of sp³-hybridized carbons (Fsp3) is 1.00. The van der Waals surface area contributed by atoms with Crippen LogP contribution in [0.2, 0.25) is 0 Å². The van der Waals surface area contributed by atoms with Crippen molar-refractivity contribution in [2.45, 2.75) is 57.9 Å². The Kier molecular flexibility index (Phi) is 3.92. The van der Waals surface area contributed by atoms with E-state index in [-0.39, 0.29) is 0 Å². The van der Waals surface area contributed by atoms with Gasteiger partial charge in [-0.3, -0.25) is 0 Å². The SMILES string of the molecule is CCCCC1CCC([NH3+])CC1. The average molecular weight is 156 g/mol. The molecule has 0 radical (unpaired) electrons. The minimum absolute atomic E-state index is 0.771. The summed E-state index contributed by atoms with van der Waals surface area (Å²) in [4.78, 5) is 0. The Labute approximate surface area is 70.4 Å². The van der Waals surface area contributed by atoms with Gasteiger partial charge in [-0.2, -0.15) is 0 Å². The van der Waals surface area contributed by atoms with Crippen molar-refractivity contribution in [3.05, 3.63) is 0 Å². The molecule has 1 heteroatoms. The summed E-state index contributed by atoms with van der Waals surface area (Å²) in [6.07, 6.45) is 9.95. The van der Waals surface area contributed by atoms with Crippen molar-refractivity contribution < 1.29 is 5.73 Å². The molecule has 1 fully saturated rings. The van der Waals surface area contributed by atoms with Gasteiger partial charge in [0.2, 0.25) is 0 Å². The van der Waals surface area contributed by atoms with Crippen LogP contribution in [-0.2, 0) is 0 Å². The first-order valence-electron chi connectivity index (χ1n) is 5.16. The van der Waals surface area contributed by atoms with Gasteiger partial charge < -0.3 is 5.73 Å². The fourth-order valence-electron chi connectivity index (χ4n) is 2.01. The molecule has 0 bridgehead atoms. The highest BCUT2D eigenvalue weighted by Gasteiger charge is 2.19. The van der Waals surface area contributed by atoms with Crippen LogP contribution in [0.5, 0.6) is 0 Å². The molecule has 0 unspecified atom stereocenters. The molecule has 0 aromatic carbocycles. The fourth-order valence-corrected chi connectivity index (χ4v) is 2.01. The van der Waals surface area contributed by atoms with Gasteiger partial charge >= 0.3 is 0 Å². The summed E-state index contributed by atoms with van der Waals surface area (Å²) >= 11 is 0. The Bertz CT molecular complexity index is 90.3. The summed E-state index contributed by atoms with van der Waals surface area (Å²) < 4.78 is 0. The van der Waals surface area contributed by atoms with Gasteiger partial charge in [-0.15, -0.1) is 0 Å². The van der Waals surface area contributed by atoms with Crippen molar-refractivity contribution >= 4 is 0 Å². The van der Waals surface area contributed by atoms with Crippen molar-refractivity contribution in [3.8, 4) is 0 Å². The summed E-state index contributed by atoms with van der Waals surface area (Å²) in [5.74, 6) is 1.05. The van der Waals surface area contributed by atoms with Gasteiger partial charge in [0.1, 0.15) is 0 Å². The largest absolute Gasteiger partial charge is 0.355 e. The van der Waals surface area contributed by atoms with Crippen molar-refractivity contribution in [1.29, 1.82) is 0 Å². The van der Waals surface area contributed by atoms with Crippen LogP contribution in [-0.4, -0.2) is 6.04 Å². The minimum Gasteiger partial charge on any atom is -0.355 e. The molecule has 0 heterocycles. The molecule has 3 N–H and O–H groups in total. The van der Waals surface area contributed by atoms with E-state index in [1.165, 1.54) is 44.9 Å². The van der Waals surface area contributed by atoms with E-state index in [9.17, 15) is 0 Å². The summed E-state index contributed by atoms with van der Waals surface area (Å²) in [7, 11) is 0. The maximum atomic E-state index is 4.11. The van der Waals surface area contributed by atoms with Gasteiger partial charge in [-0.1, -0.05) is 26.2 Å². The molecule has 0 amide bonds. The lowest BCUT2D eigenvalue weighted by Gasteiger charge is -2.23. The van der Waals surface area contributed by atoms with E-state index in [0.29, 0.717) is 0 Å². The minimum atomic E-state index is 0.771. The molecule has 0 aromatic rings. The van der Waals surface area contributed by atoms with E-state index in [0.717, 1.165) is 12.0 Å². The van der Waals surface area contributed by atoms with Gasteiger partial charge in [-0.25, -0.2) is 0 Å². The van der Waals surface area contributed by atoms with E-state index in [1.807, 2.05) is 0 Å². The third-order valence-electron chi connectivity index (χ3n) is 2.93. The predicted octanol–water partition coefficient (Wildman–Crippen LogP) is 1.98. The molecule has 0 aliphatic heterocycles. The molecule has 1 nitrogen and oxygen atoms in total. The lowest BCUT2D eigenvalue weighted by Crippen LogP contribution is -2.61. The van der Waals surface area contributed by atoms with Crippen molar-refractivity contribution in [2.75, 3.05) is 0 Å². The van der Waals surface area contributed by atoms with E-state index < -0.39 is 0 Å². The molecule has 1 rings (SSSR count). The predicted molar refractivity (Wildman–Crippen MR) is 48.2 cm³/mol. The van der Waals surface area contributed by atoms with Crippen LogP contribution in [0.25, 0.3) is 0 Å². The molecule has 1 aliphatic carbocycles. The van der Waals surface area contributed by atoms with Crippen LogP contribution in [0.3, 0.4) is 0 Å². The summed E-state index contributed by atoms with van der Waals surface area (Å²) in [5.41, 5.74) is 4.11. The second-order valence-corrected chi connectivity index (χ2v) is 4.03. The maximum Gasteiger partial charge on any atom is 0.0843 e. The van der Waals surface area contributed by atoms with Crippen LogP contribution >= 0.6 is 0 Å². The third-order valence-corrected chi connectivity index (χ3v) is 2.93. The van der Waals surface area contributed by atoms with Gasteiger partial charge in [0.15, 0.2) is 0 Å². The van der Waals surface area contributed by atoms with E-state index in [4.69, 9.17) is 0 Å². The highest BCUT2D eigenvalue weighted by molar-refractivity contribution is 4.70. The van der Waals surface area contributed by atoms with Gasteiger partial charge in [-0.05, 0) is 31.6 Å². The second-order valence-electron chi connectivity index (χ2n) is 4.03. The van der Waals surface area contributed by atoms with Crippen LogP contribution in [0.15, 0.2) is 0 Å². The van der Waals surface area contributed by atoms with Gasteiger partial charge in [0, 0.05) is 0 Å². The molecule has 0 saturated heterocycles. The lowest BCUT2D eigenvalue weighted by molar-refractivity contribution is -0.426. The third kappa shape index (κ3) is 3.24. The van der Waals surface area contributed by atoms with E-state index in [1.54, 1.807) is 0 Å². The molecule has 11 heavy (non-hydrogen) atoms. The molecule has 66 valence electrons. The molecule has 0 atom stereocenters. The molecule has 1 saturated carbocycles. The maximum absolute atomic E-state index is 4.11. The number of quaternary nitrogens is 1. The number of rotatable bonds is 3. The van der Waals surface area contributed by atoms with Crippen LogP contribution in [0.1, 0.15) is 51.9 Å². The van der Waals surface area contributed by atoms with Crippen LogP contribution in [0.4, 0.5) is 0 Å². The molecular formula is C10H22N+. The Morgan fingerprint density at radius 3 is 2.36 bits per heavy atom. The quantitative estimate of drug-likeness (QED) is 0.647. The van der Waals surface area contributed by atoms with Gasteiger partial charge in [0.25, 0.3) is 0 Å². The first-order valence-corrected chi connectivity index (χ1v) is 5.16. The molecular weight excluding hydrogens is 134 g/mol. The van der Waals surface area contributed by atoms with E-state index >= 15 is 0 Å². The number of hydrogen-bond acceptors (Lipinski definition) is 0. The first kappa shape index (κ1) is 9.05. The first-order chi connectivity index (χ1) is 5.33. The topological polar surface area (TPSA) is 27.6 Å². The zero-order valence-corrected chi connectivity index (χ0v) is 7.81. The Morgan fingerprint density at radius 2 is 1.82 bits per heavy atom. The van der Waals surface area contributed by atoms with Gasteiger partial charge in [0.05, 0.1) is 6.04 Å². The zero-order chi connectivity index (χ0) is 8.10. The Hall–Kier alpha value is -0.0400. The van der Waals surface area contributed by atoms with Crippen molar-refractivity contribution in [3.63, 3.8) is 0 Å². The Balaban J connectivity index is 2.07. The Morgan fingerprint density at radius 1 is 1.18 bits per heavy atom. The van der Waals surface area contributed by atoms with E-state index in [2.05, 4.69) is 12.7 Å². The molecule has 1 aliphatic rings. The smallest absolute Gasteiger partial charge is 0.0843 e. The molecule has 0 spiro atoms. The normalized spacial score (nSPS) is 32.2. The summed E-state index contributed by atoms with van der Waals surface area (Å²) in [6.45, 7) is 2.28. The summed E-state index contributed by atoms with van der Waals surface area (Å²) in [6, 6.07) is 0.771. The van der Waals surface area contributed by atoms with Crippen molar-refractivity contribution in [1.82, 2.24) is 0 Å². The highest BCUT2D eigenvalue weighted by atomic mass is 14.6. The average Bonchev–Trinajstić information content (AvgIpc) is 2.04. The van der Waals surface area contributed by atoms with Crippen LogP contribution in [0, 0.1) is 5.92 Å². The number of hydrogen-bond donors (Lipinski definition) is 1. The summed E-state index contributed by atoms with van der Waals surface area (Å²) in [5, 5.41) is 0. The second kappa shape index (κ2) is 4.76. The van der Waals surface area contributed by atoms with Crippen LogP contribution < -0.4 is 5.73 Å². The zero-order valence-electron chi connectivity index (χ0n) is 7.81. The number of unbranched alkanes of at least 4 members (excludes halogenated alkanes) is 1.